The van der Waals surface area contributed by atoms with Crippen molar-refractivity contribution in [3.63, 3.8) is 0 Å². The Labute approximate surface area is 116 Å². The van der Waals surface area contributed by atoms with E-state index in [-0.39, 0.29) is 6.10 Å². The Kier molecular flexibility index (Phi) is 4.26. The van der Waals surface area contributed by atoms with Crippen LogP contribution in [0.1, 0.15) is 39.2 Å². The van der Waals surface area contributed by atoms with Crippen LogP contribution in [-0.2, 0) is 0 Å². The van der Waals surface area contributed by atoms with Crippen LogP contribution < -0.4 is 4.74 Å². The summed E-state index contributed by atoms with van der Waals surface area (Å²) >= 11 is 0. The van der Waals surface area contributed by atoms with Crippen LogP contribution in [-0.4, -0.2) is 6.10 Å². The fraction of sp³-hybridized carbons (Fsp3) is 0.333. The fourth-order valence-electron chi connectivity index (χ4n) is 2.06. The maximum absolute atomic E-state index is 5.66. The third-order valence-corrected chi connectivity index (χ3v) is 3.14. The lowest BCUT2D eigenvalue weighted by atomic mass is 9.99. The smallest absolute Gasteiger partial charge is 0.119 e. The zero-order chi connectivity index (χ0) is 13.8. The Morgan fingerprint density at radius 2 is 1.16 bits per heavy atom. The number of ether oxygens (including phenoxy) is 1. The highest BCUT2D eigenvalue weighted by Gasteiger charge is 2.02. The molecule has 0 fully saturated rings. The molecule has 0 unspecified atom stereocenters. The van der Waals surface area contributed by atoms with Crippen LogP contribution in [0.5, 0.6) is 5.75 Å². The molecule has 2 aromatic carbocycles. The topological polar surface area (TPSA) is 9.23 Å². The van der Waals surface area contributed by atoms with Gasteiger partial charge in [0, 0.05) is 0 Å². The molecule has 0 saturated carbocycles. The second-order valence-electron chi connectivity index (χ2n) is 5.47. The molecule has 0 saturated heterocycles. The Balaban J connectivity index is 2.17. The maximum Gasteiger partial charge on any atom is 0.119 e. The summed E-state index contributed by atoms with van der Waals surface area (Å²) in [5, 5.41) is 0. The second-order valence-corrected chi connectivity index (χ2v) is 5.47. The summed E-state index contributed by atoms with van der Waals surface area (Å²) in [5.74, 6) is 1.51. The minimum absolute atomic E-state index is 0.219. The van der Waals surface area contributed by atoms with Gasteiger partial charge in [0.25, 0.3) is 0 Å². The van der Waals surface area contributed by atoms with Gasteiger partial charge in [-0.25, -0.2) is 0 Å². The third-order valence-electron chi connectivity index (χ3n) is 3.14. The molecule has 100 valence electrons. The van der Waals surface area contributed by atoms with Crippen LogP contribution in [0.15, 0.2) is 48.5 Å². The average Bonchev–Trinajstić information content (AvgIpc) is 2.39. The summed E-state index contributed by atoms with van der Waals surface area (Å²) in [4.78, 5) is 0. The predicted octanol–water partition coefficient (Wildman–Crippen LogP) is 5.26. The molecule has 0 aliphatic carbocycles. The molecule has 0 amide bonds. The molecule has 2 aromatic rings. The molecular weight excluding hydrogens is 232 g/mol. The van der Waals surface area contributed by atoms with E-state index in [9.17, 15) is 0 Å². The summed E-state index contributed by atoms with van der Waals surface area (Å²) in [6, 6.07) is 17.1. The minimum Gasteiger partial charge on any atom is -0.491 e. The van der Waals surface area contributed by atoms with Gasteiger partial charge >= 0.3 is 0 Å². The molecular formula is C18H22O. The minimum atomic E-state index is 0.219. The van der Waals surface area contributed by atoms with Gasteiger partial charge in [-0.3, -0.25) is 0 Å². The van der Waals surface area contributed by atoms with Crippen LogP contribution in [0.4, 0.5) is 0 Å². The largest absolute Gasteiger partial charge is 0.491 e. The van der Waals surface area contributed by atoms with E-state index in [1.165, 1.54) is 16.7 Å². The molecule has 0 heterocycles. The Morgan fingerprint density at radius 3 is 1.58 bits per heavy atom. The SMILES string of the molecule is CC(C)Oc1ccc(-c2ccc(C(C)C)cc2)cc1. The van der Waals surface area contributed by atoms with Gasteiger partial charge in [-0.1, -0.05) is 50.2 Å². The van der Waals surface area contributed by atoms with E-state index in [2.05, 4.69) is 50.2 Å². The Morgan fingerprint density at radius 1 is 0.684 bits per heavy atom. The van der Waals surface area contributed by atoms with Gasteiger partial charge < -0.3 is 4.74 Å². The first-order valence-electron chi connectivity index (χ1n) is 6.93. The fourth-order valence-corrected chi connectivity index (χ4v) is 2.06. The van der Waals surface area contributed by atoms with Crippen LogP contribution in [0.25, 0.3) is 11.1 Å². The molecule has 0 aliphatic heterocycles. The monoisotopic (exact) mass is 254 g/mol. The summed E-state index contributed by atoms with van der Waals surface area (Å²) in [5.41, 5.74) is 3.86. The van der Waals surface area contributed by atoms with Crippen molar-refractivity contribution in [2.75, 3.05) is 0 Å². The van der Waals surface area contributed by atoms with Crippen molar-refractivity contribution in [3.8, 4) is 16.9 Å². The van der Waals surface area contributed by atoms with Crippen molar-refractivity contribution < 1.29 is 4.74 Å². The first kappa shape index (κ1) is 13.7. The van der Waals surface area contributed by atoms with E-state index in [1.54, 1.807) is 0 Å². The van der Waals surface area contributed by atoms with Crippen LogP contribution in [0.2, 0.25) is 0 Å². The molecule has 0 N–H and O–H groups in total. The van der Waals surface area contributed by atoms with E-state index in [1.807, 2.05) is 26.0 Å². The predicted molar refractivity (Wildman–Crippen MR) is 81.7 cm³/mol. The van der Waals surface area contributed by atoms with E-state index in [4.69, 9.17) is 4.74 Å². The number of benzene rings is 2. The van der Waals surface area contributed by atoms with Crippen molar-refractivity contribution in [3.05, 3.63) is 54.1 Å². The van der Waals surface area contributed by atoms with Crippen molar-refractivity contribution in [2.45, 2.75) is 39.7 Å². The first-order chi connectivity index (χ1) is 9.06. The Bertz CT molecular complexity index is 506. The molecule has 1 heteroatoms. The average molecular weight is 254 g/mol. The summed E-state index contributed by atoms with van der Waals surface area (Å²) < 4.78 is 5.66. The summed E-state index contributed by atoms with van der Waals surface area (Å²) in [6.07, 6.45) is 0.219. The Hall–Kier alpha value is -1.76. The third kappa shape index (κ3) is 3.60. The van der Waals surface area contributed by atoms with Crippen molar-refractivity contribution in [2.24, 2.45) is 0 Å². The van der Waals surface area contributed by atoms with Crippen molar-refractivity contribution in [1.82, 2.24) is 0 Å². The maximum atomic E-state index is 5.66. The number of hydrogen-bond donors (Lipinski definition) is 0. The normalized spacial score (nSPS) is 11.1. The number of hydrogen-bond acceptors (Lipinski definition) is 1. The molecule has 2 rings (SSSR count). The summed E-state index contributed by atoms with van der Waals surface area (Å²) in [7, 11) is 0. The van der Waals surface area contributed by atoms with E-state index in [0.717, 1.165) is 5.75 Å². The van der Waals surface area contributed by atoms with Crippen LogP contribution >= 0.6 is 0 Å². The van der Waals surface area contributed by atoms with Crippen LogP contribution in [0.3, 0.4) is 0 Å². The van der Waals surface area contributed by atoms with Gasteiger partial charge in [0.15, 0.2) is 0 Å². The van der Waals surface area contributed by atoms with Gasteiger partial charge in [-0.05, 0) is 48.6 Å². The molecule has 0 atom stereocenters. The molecule has 0 aromatic heterocycles. The van der Waals surface area contributed by atoms with Crippen LogP contribution in [0, 0.1) is 0 Å². The van der Waals surface area contributed by atoms with Crippen molar-refractivity contribution >= 4 is 0 Å². The van der Waals surface area contributed by atoms with E-state index in [0.29, 0.717) is 5.92 Å². The molecule has 1 nitrogen and oxygen atoms in total. The standard InChI is InChI=1S/C18H22O/c1-13(2)15-5-7-16(8-6-15)17-9-11-18(12-10-17)19-14(3)4/h5-14H,1-4H3. The highest BCUT2D eigenvalue weighted by molar-refractivity contribution is 5.64. The summed E-state index contributed by atoms with van der Waals surface area (Å²) in [6.45, 7) is 8.51. The zero-order valence-electron chi connectivity index (χ0n) is 12.2. The van der Waals surface area contributed by atoms with Gasteiger partial charge in [0.05, 0.1) is 6.10 Å². The molecule has 0 spiro atoms. The lowest BCUT2D eigenvalue weighted by molar-refractivity contribution is 0.242. The lowest BCUT2D eigenvalue weighted by Crippen LogP contribution is -2.05. The number of rotatable bonds is 4. The highest BCUT2D eigenvalue weighted by Crippen LogP contribution is 2.25. The van der Waals surface area contributed by atoms with E-state index >= 15 is 0 Å². The van der Waals surface area contributed by atoms with Gasteiger partial charge in [-0.2, -0.15) is 0 Å². The van der Waals surface area contributed by atoms with Gasteiger partial charge in [-0.15, -0.1) is 0 Å². The van der Waals surface area contributed by atoms with Gasteiger partial charge in [0.1, 0.15) is 5.75 Å². The second kappa shape index (κ2) is 5.92. The first-order valence-corrected chi connectivity index (χ1v) is 6.93. The molecule has 0 radical (unpaired) electrons. The molecule has 19 heavy (non-hydrogen) atoms. The lowest BCUT2D eigenvalue weighted by Gasteiger charge is -2.11. The highest BCUT2D eigenvalue weighted by atomic mass is 16.5. The molecule has 0 bridgehead atoms. The van der Waals surface area contributed by atoms with E-state index < -0.39 is 0 Å². The van der Waals surface area contributed by atoms with Crippen molar-refractivity contribution in [1.29, 1.82) is 0 Å². The molecule has 0 aliphatic rings. The van der Waals surface area contributed by atoms with Gasteiger partial charge in [0.2, 0.25) is 0 Å². The quantitative estimate of drug-likeness (QED) is 0.722. The zero-order valence-corrected chi connectivity index (χ0v) is 12.2.